The van der Waals surface area contributed by atoms with Crippen molar-refractivity contribution < 1.29 is 14.3 Å². The van der Waals surface area contributed by atoms with Crippen LogP contribution < -0.4 is 15.8 Å². The van der Waals surface area contributed by atoms with Crippen molar-refractivity contribution in [2.75, 3.05) is 5.32 Å². The SMILES string of the molecule is CC(=O)Nc1cnc(Oc2ccccc2C(N)=O)s1. The number of anilines is 1. The third-order valence-corrected chi connectivity index (χ3v) is 2.92. The predicted octanol–water partition coefficient (Wildman–Crippen LogP) is 1.99. The lowest BCUT2D eigenvalue weighted by Crippen LogP contribution is -2.11. The highest BCUT2D eigenvalue weighted by atomic mass is 32.1. The molecule has 2 rings (SSSR count). The minimum absolute atomic E-state index is 0.187. The number of hydrogen-bond donors (Lipinski definition) is 2. The molecule has 1 heterocycles. The predicted molar refractivity (Wildman–Crippen MR) is 71.5 cm³/mol. The van der Waals surface area contributed by atoms with Crippen molar-refractivity contribution in [1.82, 2.24) is 4.98 Å². The van der Waals surface area contributed by atoms with Crippen LogP contribution in [0.4, 0.5) is 5.00 Å². The van der Waals surface area contributed by atoms with Crippen LogP contribution in [0.25, 0.3) is 0 Å². The number of nitrogens with zero attached hydrogens (tertiary/aromatic N) is 1. The largest absolute Gasteiger partial charge is 0.430 e. The number of amides is 2. The second kappa shape index (κ2) is 5.49. The first-order chi connectivity index (χ1) is 9.06. The number of hydrogen-bond acceptors (Lipinski definition) is 5. The molecule has 0 atom stereocenters. The number of carbonyl (C=O) groups is 2. The van der Waals surface area contributed by atoms with Crippen molar-refractivity contribution in [2.24, 2.45) is 5.73 Å². The molecule has 0 unspecified atom stereocenters. The van der Waals surface area contributed by atoms with Gasteiger partial charge in [0.05, 0.1) is 11.8 Å². The van der Waals surface area contributed by atoms with Gasteiger partial charge in [-0.05, 0) is 12.1 Å². The first kappa shape index (κ1) is 13.0. The number of carbonyl (C=O) groups excluding carboxylic acids is 2. The van der Waals surface area contributed by atoms with E-state index in [1.54, 1.807) is 24.3 Å². The maximum atomic E-state index is 11.2. The van der Waals surface area contributed by atoms with E-state index < -0.39 is 5.91 Å². The van der Waals surface area contributed by atoms with Crippen molar-refractivity contribution in [3.8, 4) is 10.9 Å². The minimum Gasteiger partial charge on any atom is -0.430 e. The smallest absolute Gasteiger partial charge is 0.280 e. The number of aromatic nitrogens is 1. The Morgan fingerprint density at radius 3 is 2.79 bits per heavy atom. The lowest BCUT2D eigenvalue weighted by Gasteiger charge is -2.05. The van der Waals surface area contributed by atoms with Crippen LogP contribution in [0.1, 0.15) is 17.3 Å². The lowest BCUT2D eigenvalue weighted by molar-refractivity contribution is -0.114. The van der Waals surface area contributed by atoms with E-state index in [1.165, 1.54) is 13.1 Å². The van der Waals surface area contributed by atoms with Gasteiger partial charge in [0.2, 0.25) is 5.91 Å². The third kappa shape index (κ3) is 3.29. The van der Waals surface area contributed by atoms with Gasteiger partial charge in [0, 0.05) is 6.92 Å². The van der Waals surface area contributed by atoms with Crippen LogP contribution in [0.3, 0.4) is 0 Å². The normalized spacial score (nSPS) is 9.95. The fourth-order valence-corrected chi connectivity index (χ4v) is 2.11. The first-order valence-electron chi connectivity index (χ1n) is 5.36. The Hall–Kier alpha value is -2.41. The van der Waals surface area contributed by atoms with E-state index in [9.17, 15) is 9.59 Å². The van der Waals surface area contributed by atoms with E-state index in [1.807, 2.05) is 0 Å². The molecule has 0 saturated heterocycles. The van der Waals surface area contributed by atoms with Gasteiger partial charge < -0.3 is 15.8 Å². The molecule has 0 aliphatic carbocycles. The second-order valence-corrected chi connectivity index (χ2v) is 4.63. The minimum atomic E-state index is -0.575. The number of para-hydroxylation sites is 1. The third-order valence-electron chi connectivity index (χ3n) is 2.13. The van der Waals surface area contributed by atoms with Crippen LogP contribution in [0.5, 0.6) is 10.9 Å². The maximum absolute atomic E-state index is 11.2. The molecule has 0 spiro atoms. The Labute approximate surface area is 113 Å². The Bertz CT molecular complexity index is 624. The van der Waals surface area contributed by atoms with Crippen LogP contribution in [0.15, 0.2) is 30.5 Å². The Morgan fingerprint density at radius 2 is 2.11 bits per heavy atom. The number of benzene rings is 1. The Balaban J connectivity index is 2.19. The van der Waals surface area contributed by atoms with Crippen molar-refractivity contribution in [2.45, 2.75) is 6.92 Å². The van der Waals surface area contributed by atoms with E-state index in [-0.39, 0.29) is 11.5 Å². The van der Waals surface area contributed by atoms with Gasteiger partial charge in [-0.15, -0.1) is 0 Å². The number of nitrogens with one attached hydrogen (secondary N) is 1. The fraction of sp³-hybridized carbons (Fsp3) is 0.0833. The molecule has 0 aliphatic rings. The highest BCUT2D eigenvalue weighted by Gasteiger charge is 2.11. The molecule has 2 aromatic rings. The molecule has 0 aliphatic heterocycles. The average molecular weight is 277 g/mol. The van der Waals surface area contributed by atoms with Crippen LogP contribution in [0.2, 0.25) is 0 Å². The van der Waals surface area contributed by atoms with E-state index in [4.69, 9.17) is 10.5 Å². The van der Waals surface area contributed by atoms with Gasteiger partial charge in [-0.25, -0.2) is 4.98 Å². The van der Waals surface area contributed by atoms with Crippen LogP contribution >= 0.6 is 11.3 Å². The van der Waals surface area contributed by atoms with E-state index in [2.05, 4.69) is 10.3 Å². The zero-order valence-corrected chi connectivity index (χ0v) is 10.9. The summed E-state index contributed by atoms with van der Waals surface area (Å²) < 4.78 is 5.49. The number of primary amides is 1. The zero-order valence-electron chi connectivity index (χ0n) is 10.0. The summed E-state index contributed by atoms with van der Waals surface area (Å²) in [5.74, 6) is -0.430. The number of ether oxygens (including phenoxy) is 1. The summed E-state index contributed by atoms with van der Waals surface area (Å²) in [5.41, 5.74) is 5.52. The molecule has 1 aromatic heterocycles. The highest BCUT2D eigenvalue weighted by Crippen LogP contribution is 2.31. The van der Waals surface area contributed by atoms with Crippen molar-refractivity contribution in [3.05, 3.63) is 36.0 Å². The monoisotopic (exact) mass is 277 g/mol. The molecule has 0 fully saturated rings. The highest BCUT2D eigenvalue weighted by molar-refractivity contribution is 7.17. The Kier molecular flexibility index (Phi) is 3.76. The van der Waals surface area contributed by atoms with E-state index in [0.717, 1.165) is 11.3 Å². The quantitative estimate of drug-likeness (QED) is 0.893. The first-order valence-corrected chi connectivity index (χ1v) is 6.18. The number of thiazole rings is 1. The summed E-state index contributed by atoms with van der Waals surface area (Å²) in [6.07, 6.45) is 1.48. The molecule has 1 aromatic carbocycles. The van der Waals surface area contributed by atoms with Crippen LogP contribution in [-0.2, 0) is 4.79 Å². The van der Waals surface area contributed by atoms with E-state index >= 15 is 0 Å². The van der Waals surface area contributed by atoms with Gasteiger partial charge in [-0.3, -0.25) is 9.59 Å². The average Bonchev–Trinajstić information content (AvgIpc) is 2.76. The van der Waals surface area contributed by atoms with Gasteiger partial charge in [0.1, 0.15) is 10.8 Å². The number of nitrogens with two attached hydrogens (primary N) is 1. The van der Waals surface area contributed by atoms with Gasteiger partial charge in [0.15, 0.2) is 0 Å². The maximum Gasteiger partial charge on any atom is 0.280 e. The van der Waals surface area contributed by atoms with E-state index in [0.29, 0.717) is 15.9 Å². The van der Waals surface area contributed by atoms with Gasteiger partial charge >= 0.3 is 0 Å². The summed E-state index contributed by atoms with van der Waals surface area (Å²) in [7, 11) is 0. The molecular weight excluding hydrogens is 266 g/mol. The van der Waals surface area contributed by atoms with Crippen LogP contribution in [-0.4, -0.2) is 16.8 Å². The molecule has 7 heteroatoms. The molecule has 0 bridgehead atoms. The standard InChI is InChI=1S/C12H11N3O3S/c1-7(16)15-10-6-14-12(19-10)18-9-5-3-2-4-8(9)11(13)17/h2-6H,1H3,(H2,13,17)(H,15,16). The molecule has 0 saturated carbocycles. The molecular formula is C12H11N3O3S. The Morgan fingerprint density at radius 1 is 1.37 bits per heavy atom. The summed E-state index contributed by atoms with van der Waals surface area (Å²) in [5, 5.41) is 3.48. The number of rotatable bonds is 4. The fourth-order valence-electron chi connectivity index (χ4n) is 1.39. The van der Waals surface area contributed by atoms with Crippen molar-refractivity contribution >= 4 is 28.2 Å². The van der Waals surface area contributed by atoms with Gasteiger partial charge in [-0.1, -0.05) is 23.5 Å². The topological polar surface area (TPSA) is 94.3 Å². The van der Waals surface area contributed by atoms with Gasteiger partial charge in [-0.2, -0.15) is 0 Å². The van der Waals surface area contributed by atoms with Crippen molar-refractivity contribution in [3.63, 3.8) is 0 Å². The molecule has 98 valence electrons. The summed E-state index contributed by atoms with van der Waals surface area (Å²) in [6, 6.07) is 6.61. The lowest BCUT2D eigenvalue weighted by atomic mass is 10.2. The summed E-state index contributed by atoms with van der Waals surface area (Å²) in [6.45, 7) is 1.41. The van der Waals surface area contributed by atoms with Crippen LogP contribution in [0, 0.1) is 0 Å². The molecule has 3 N–H and O–H groups in total. The van der Waals surface area contributed by atoms with Gasteiger partial charge in [0.25, 0.3) is 11.1 Å². The molecule has 19 heavy (non-hydrogen) atoms. The molecule has 2 amide bonds. The molecule has 6 nitrogen and oxygen atoms in total. The second-order valence-electron chi connectivity index (χ2n) is 3.63. The zero-order chi connectivity index (χ0) is 13.8. The van der Waals surface area contributed by atoms with Crippen molar-refractivity contribution in [1.29, 1.82) is 0 Å². The molecule has 0 radical (unpaired) electrons. The summed E-state index contributed by atoms with van der Waals surface area (Å²) in [4.78, 5) is 26.1. The summed E-state index contributed by atoms with van der Waals surface area (Å²) >= 11 is 1.16.